The van der Waals surface area contributed by atoms with Gasteiger partial charge in [-0.2, -0.15) is 4.98 Å². The van der Waals surface area contributed by atoms with Crippen LogP contribution in [0.25, 0.3) is 0 Å². The van der Waals surface area contributed by atoms with E-state index >= 15 is 0 Å². The molecule has 120 valence electrons. The molecular formula is C16H29N3O2. The fourth-order valence-corrected chi connectivity index (χ4v) is 2.03. The normalized spacial score (nSPS) is 12.2. The Bertz CT molecular complexity index is 399. The molecule has 1 heterocycles. The summed E-state index contributed by atoms with van der Waals surface area (Å²) in [6.07, 6.45) is 4.83. The molecule has 0 spiro atoms. The largest absolute Gasteiger partial charge is 0.477 e. The summed E-state index contributed by atoms with van der Waals surface area (Å²) in [5.41, 5.74) is 0. The van der Waals surface area contributed by atoms with Gasteiger partial charge in [0.05, 0.1) is 6.61 Å². The second-order valence-corrected chi connectivity index (χ2v) is 5.12. The Labute approximate surface area is 128 Å². The smallest absolute Gasteiger partial charge is 0.218 e. The number of nitrogens with zero attached hydrogens (tertiary/aromatic N) is 2. The SMILES string of the molecule is CCCCC(CC)COc1cc(NC)nc(COCC)n1. The lowest BCUT2D eigenvalue weighted by atomic mass is 10.0. The van der Waals surface area contributed by atoms with Crippen LogP contribution in [0.1, 0.15) is 52.3 Å². The van der Waals surface area contributed by atoms with E-state index in [2.05, 4.69) is 29.1 Å². The molecule has 1 aromatic heterocycles. The molecule has 1 rings (SSSR count). The van der Waals surface area contributed by atoms with Gasteiger partial charge in [-0.15, -0.1) is 0 Å². The van der Waals surface area contributed by atoms with Gasteiger partial charge >= 0.3 is 0 Å². The Kier molecular flexibility index (Phi) is 8.74. The second-order valence-electron chi connectivity index (χ2n) is 5.12. The van der Waals surface area contributed by atoms with E-state index in [1.807, 2.05) is 20.0 Å². The zero-order valence-electron chi connectivity index (χ0n) is 13.8. The zero-order chi connectivity index (χ0) is 15.5. The molecule has 1 N–H and O–H groups in total. The summed E-state index contributed by atoms with van der Waals surface area (Å²) in [5, 5.41) is 3.03. The number of unbranched alkanes of at least 4 members (excludes halogenated alkanes) is 1. The molecular weight excluding hydrogens is 266 g/mol. The second kappa shape index (κ2) is 10.4. The van der Waals surface area contributed by atoms with E-state index in [-0.39, 0.29) is 0 Å². The van der Waals surface area contributed by atoms with Gasteiger partial charge < -0.3 is 14.8 Å². The van der Waals surface area contributed by atoms with Gasteiger partial charge in [0.15, 0.2) is 5.82 Å². The number of aromatic nitrogens is 2. The van der Waals surface area contributed by atoms with Crippen LogP contribution in [-0.4, -0.2) is 30.2 Å². The lowest BCUT2D eigenvalue weighted by Crippen LogP contribution is -2.13. The molecule has 0 saturated heterocycles. The Morgan fingerprint density at radius 2 is 2.05 bits per heavy atom. The van der Waals surface area contributed by atoms with Crippen molar-refractivity contribution in [3.8, 4) is 5.88 Å². The summed E-state index contributed by atoms with van der Waals surface area (Å²) >= 11 is 0. The third kappa shape index (κ3) is 6.76. The van der Waals surface area contributed by atoms with Gasteiger partial charge in [0.2, 0.25) is 5.88 Å². The maximum absolute atomic E-state index is 5.87. The summed E-state index contributed by atoms with van der Waals surface area (Å²) in [6, 6.07) is 1.84. The van der Waals surface area contributed by atoms with Crippen molar-refractivity contribution in [1.82, 2.24) is 9.97 Å². The van der Waals surface area contributed by atoms with E-state index in [1.165, 1.54) is 19.3 Å². The van der Waals surface area contributed by atoms with Crippen molar-refractivity contribution in [3.63, 3.8) is 0 Å². The summed E-state index contributed by atoms with van der Waals surface area (Å²) in [6.45, 7) is 8.16. The van der Waals surface area contributed by atoms with Gasteiger partial charge in [-0.1, -0.05) is 33.1 Å². The molecule has 0 amide bonds. The maximum atomic E-state index is 5.87. The monoisotopic (exact) mass is 295 g/mol. The van der Waals surface area contributed by atoms with E-state index in [9.17, 15) is 0 Å². The van der Waals surface area contributed by atoms with E-state index in [0.717, 1.165) is 12.2 Å². The Hall–Kier alpha value is -1.36. The fraction of sp³-hybridized carbons (Fsp3) is 0.750. The van der Waals surface area contributed by atoms with Crippen LogP contribution >= 0.6 is 0 Å². The highest BCUT2D eigenvalue weighted by Crippen LogP contribution is 2.18. The lowest BCUT2D eigenvalue weighted by Gasteiger charge is -2.15. The Balaban J connectivity index is 2.63. The summed E-state index contributed by atoms with van der Waals surface area (Å²) in [4.78, 5) is 8.77. The van der Waals surface area contributed by atoms with Crippen molar-refractivity contribution in [2.75, 3.05) is 25.6 Å². The van der Waals surface area contributed by atoms with Gasteiger partial charge in [0.25, 0.3) is 0 Å². The van der Waals surface area contributed by atoms with Crippen LogP contribution in [0.2, 0.25) is 0 Å². The number of rotatable bonds is 11. The van der Waals surface area contributed by atoms with Crippen LogP contribution < -0.4 is 10.1 Å². The molecule has 5 nitrogen and oxygen atoms in total. The van der Waals surface area contributed by atoms with Crippen molar-refractivity contribution >= 4 is 5.82 Å². The van der Waals surface area contributed by atoms with Crippen molar-refractivity contribution in [1.29, 1.82) is 0 Å². The average molecular weight is 295 g/mol. The standard InChI is InChI=1S/C16H29N3O2/c1-5-8-9-13(6-2)11-21-16-10-14(17-4)18-15(19-16)12-20-7-3/h10,13H,5-9,11-12H2,1-4H3,(H,17,18,19). The number of nitrogens with one attached hydrogen (secondary N) is 1. The highest BCUT2D eigenvalue weighted by molar-refractivity contribution is 5.37. The molecule has 5 heteroatoms. The molecule has 0 aliphatic rings. The predicted octanol–water partition coefficient (Wildman–Crippen LogP) is 3.65. The van der Waals surface area contributed by atoms with Crippen molar-refractivity contribution in [2.24, 2.45) is 5.92 Å². The minimum absolute atomic E-state index is 0.412. The number of hydrogen-bond donors (Lipinski definition) is 1. The summed E-state index contributed by atoms with van der Waals surface area (Å²) in [7, 11) is 1.84. The van der Waals surface area contributed by atoms with Crippen molar-refractivity contribution in [3.05, 3.63) is 11.9 Å². The molecule has 1 unspecified atom stereocenters. The molecule has 0 radical (unpaired) electrons. The lowest BCUT2D eigenvalue weighted by molar-refractivity contribution is 0.127. The van der Waals surface area contributed by atoms with Crippen LogP contribution in [0.4, 0.5) is 5.82 Å². The summed E-state index contributed by atoms with van der Waals surface area (Å²) < 4.78 is 11.2. The predicted molar refractivity (Wildman–Crippen MR) is 85.7 cm³/mol. The van der Waals surface area contributed by atoms with E-state index < -0.39 is 0 Å². The van der Waals surface area contributed by atoms with Gasteiger partial charge in [-0.25, -0.2) is 4.98 Å². The molecule has 0 saturated carbocycles. The Morgan fingerprint density at radius 1 is 1.24 bits per heavy atom. The van der Waals surface area contributed by atoms with E-state index in [4.69, 9.17) is 9.47 Å². The Morgan fingerprint density at radius 3 is 2.67 bits per heavy atom. The van der Waals surface area contributed by atoms with Crippen LogP contribution in [0.5, 0.6) is 5.88 Å². The minimum atomic E-state index is 0.412. The molecule has 0 bridgehead atoms. The van der Waals surface area contributed by atoms with Gasteiger partial charge in [-0.05, 0) is 19.3 Å². The highest BCUT2D eigenvalue weighted by atomic mass is 16.5. The molecule has 0 aliphatic carbocycles. The van der Waals surface area contributed by atoms with Crippen LogP contribution in [0, 0.1) is 5.92 Å². The average Bonchev–Trinajstić information content (AvgIpc) is 2.52. The van der Waals surface area contributed by atoms with Gasteiger partial charge in [0.1, 0.15) is 12.4 Å². The van der Waals surface area contributed by atoms with Gasteiger partial charge in [-0.3, -0.25) is 0 Å². The number of anilines is 1. The third-order valence-electron chi connectivity index (χ3n) is 3.45. The van der Waals surface area contributed by atoms with Crippen LogP contribution in [0.15, 0.2) is 6.07 Å². The number of ether oxygens (including phenoxy) is 2. The first-order chi connectivity index (χ1) is 10.2. The first-order valence-electron chi connectivity index (χ1n) is 7.99. The fourth-order valence-electron chi connectivity index (χ4n) is 2.03. The third-order valence-corrected chi connectivity index (χ3v) is 3.45. The van der Waals surface area contributed by atoms with Crippen LogP contribution in [-0.2, 0) is 11.3 Å². The first kappa shape index (κ1) is 17.7. The highest BCUT2D eigenvalue weighted by Gasteiger charge is 2.10. The molecule has 0 aromatic carbocycles. The first-order valence-corrected chi connectivity index (χ1v) is 7.99. The molecule has 1 aromatic rings. The molecule has 0 fully saturated rings. The van der Waals surface area contributed by atoms with Crippen LogP contribution in [0.3, 0.4) is 0 Å². The molecule has 21 heavy (non-hydrogen) atoms. The van der Waals surface area contributed by atoms with Gasteiger partial charge in [0, 0.05) is 19.7 Å². The van der Waals surface area contributed by atoms with E-state index in [1.54, 1.807) is 0 Å². The van der Waals surface area contributed by atoms with E-state index in [0.29, 0.717) is 37.4 Å². The molecule has 0 aliphatic heterocycles. The topological polar surface area (TPSA) is 56.3 Å². The minimum Gasteiger partial charge on any atom is -0.477 e. The van der Waals surface area contributed by atoms with Crippen molar-refractivity contribution in [2.45, 2.75) is 53.1 Å². The maximum Gasteiger partial charge on any atom is 0.218 e. The zero-order valence-corrected chi connectivity index (χ0v) is 13.8. The quantitative estimate of drug-likeness (QED) is 0.675. The number of hydrogen-bond acceptors (Lipinski definition) is 5. The van der Waals surface area contributed by atoms with Crippen molar-refractivity contribution < 1.29 is 9.47 Å². The molecule has 1 atom stereocenters. The summed E-state index contributed by atoms with van der Waals surface area (Å²) in [5.74, 6) is 2.63.